The first-order chi connectivity index (χ1) is 8.06. The highest BCUT2D eigenvalue weighted by Crippen LogP contribution is 2.21. The van der Waals surface area contributed by atoms with Gasteiger partial charge in [0.15, 0.2) is 0 Å². The molecule has 2 N–H and O–H groups in total. The number of hydrogen-bond acceptors (Lipinski definition) is 3. The Bertz CT molecular complexity index is 412. The normalized spacial score (nSPS) is 12.2. The van der Waals surface area contributed by atoms with Gasteiger partial charge in [-0.15, -0.1) is 0 Å². The molecule has 0 aliphatic rings. The van der Waals surface area contributed by atoms with Crippen molar-refractivity contribution in [1.29, 1.82) is 5.26 Å². The predicted molar refractivity (Wildman–Crippen MR) is 70.1 cm³/mol. The average Bonchev–Trinajstić information content (AvgIpc) is 2.29. The molecule has 17 heavy (non-hydrogen) atoms. The van der Waals surface area contributed by atoms with Gasteiger partial charge >= 0.3 is 0 Å². The molecule has 1 aromatic carbocycles. The SMILES string of the molecule is CC(C)CC(CO)Nc1ccc(Cl)cc1C#N. The fraction of sp³-hybridized carbons (Fsp3) is 0.462. The molecule has 1 atom stereocenters. The van der Waals surface area contributed by atoms with E-state index >= 15 is 0 Å². The van der Waals surface area contributed by atoms with E-state index in [4.69, 9.17) is 16.9 Å². The molecule has 0 aromatic heterocycles. The molecule has 0 saturated heterocycles. The van der Waals surface area contributed by atoms with Crippen LogP contribution in [0.5, 0.6) is 0 Å². The van der Waals surface area contributed by atoms with Crippen LogP contribution in [-0.4, -0.2) is 17.8 Å². The molecule has 4 heteroatoms. The van der Waals surface area contributed by atoms with Crippen molar-refractivity contribution in [1.82, 2.24) is 0 Å². The highest BCUT2D eigenvalue weighted by atomic mass is 35.5. The number of nitrogens with one attached hydrogen (secondary N) is 1. The van der Waals surface area contributed by atoms with Crippen molar-refractivity contribution in [2.24, 2.45) is 5.92 Å². The molecule has 1 rings (SSSR count). The average molecular weight is 253 g/mol. The maximum absolute atomic E-state index is 9.28. The molecule has 1 aromatic rings. The van der Waals surface area contributed by atoms with E-state index < -0.39 is 0 Å². The molecule has 92 valence electrons. The first-order valence-corrected chi connectivity index (χ1v) is 6.01. The summed E-state index contributed by atoms with van der Waals surface area (Å²) in [5.74, 6) is 0.484. The number of halogens is 1. The molecule has 3 nitrogen and oxygen atoms in total. The summed E-state index contributed by atoms with van der Waals surface area (Å²) in [5.41, 5.74) is 1.22. The molecule has 0 aliphatic carbocycles. The van der Waals surface area contributed by atoms with Crippen LogP contribution >= 0.6 is 11.6 Å². The van der Waals surface area contributed by atoms with Gasteiger partial charge in [-0.3, -0.25) is 0 Å². The van der Waals surface area contributed by atoms with Crippen molar-refractivity contribution in [2.45, 2.75) is 26.3 Å². The summed E-state index contributed by atoms with van der Waals surface area (Å²) in [6.07, 6.45) is 0.851. The van der Waals surface area contributed by atoms with Gasteiger partial charge in [-0.05, 0) is 30.5 Å². The van der Waals surface area contributed by atoms with Crippen LogP contribution in [0, 0.1) is 17.2 Å². The van der Waals surface area contributed by atoms with Gasteiger partial charge in [-0.2, -0.15) is 5.26 Å². The summed E-state index contributed by atoms with van der Waals surface area (Å²) in [4.78, 5) is 0. The topological polar surface area (TPSA) is 56.0 Å². The van der Waals surface area contributed by atoms with Crippen LogP contribution in [0.2, 0.25) is 5.02 Å². The molecule has 1 unspecified atom stereocenters. The van der Waals surface area contributed by atoms with Crippen LogP contribution in [0.15, 0.2) is 18.2 Å². The third-order valence-corrected chi connectivity index (χ3v) is 2.67. The van der Waals surface area contributed by atoms with E-state index in [1.54, 1.807) is 18.2 Å². The Balaban J connectivity index is 2.83. The largest absolute Gasteiger partial charge is 0.394 e. The van der Waals surface area contributed by atoms with Gasteiger partial charge in [-0.25, -0.2) is 0 Å². The summed E-state index contributed by atoms with van der Waals surface area (Å²) < 4.78 is 0. The minimum atomic E-state index is -0.0386. The van der Waals surface area contributed by atoms with Crippen LogP contribution in [0.1, 0.15) is 25.8 Å². The third kappa shape index (κ3) is 4.26. The molecule has 0 aliphatic heterocycles. The number of benzene rings is 1. The van der Waals surface area contributed by atoms with E-state index in [0.717, 1.165) is 12.1 Å². The van der Waals surface area contributed by atoms with E-state index in [9.17, 15) is 5.11 Å². The van der Waals surface area contributed by atoms with Crippen LogP contribution < -0.4 is 5.32 Å². The summed E-state index contributed by atoms with van der Waals surface area (Å²) in [6, 6.07) is 7.17. The molecule has 0 radical (unpaired) electrons. The lowest BCUT2D eigenvalue weighted by atomic mass is 10.0. The predicted octanol–water partition coefficient (Wildman–Crippen LogP) is 3.03. The van der Waals surface area contributed by atoms with Crippen LogP contribution in [-0.2, 0) is 0 Å². The summed E-state index contributed by atoms with van der Waals surface area (Å²) in [6.45, 7) is 4.24. The number of rotatable bonds is 5. The van der Waals surface area contributed by atoms with Gasteiger partial charge in [0, 0.05) is 11.1 Å². The number of nitrogens with zero attached hydrogens (tertiary/aromatic N) is 1. The second kappa shape index (κ2) is 6.48. The number of hydrogen-bond donors (Lipinski definition) is 2. The first-order valence-electron chi connectivity index (χ1n) is 5.63. The summed E-state index contributed by atoms with van der Waals surface area (Å²) in [5, 5.41) is 22.0. The summed E-state index contributed by atoms with van der Waals surface area (Å²) >= 11 is 5.82. The standard InChI is InChI=1S/C13H17ClN2O/c1-9(2)5-12(8-17)16-13-4-3-11(14)6-10(13)7-15/h3-4,6,9,12,16-17H,5,8H2,1-2H3. The molecule has 0 spiro atoms. The Morgan fingerprint density at radius 3 is 2.71 bits per heavy atom. The molecular formula is C13H17ClN2O. The fourth-order valence-electron chi connectivity index (χ4n) is 1.70. The lowest BCUT2D eigenvalue weighted by Gasteiger charge is -2.20. The molecule has 0 fully saturated rings. The van der Waals surface area contributed by atoms with Gasteiger partial charge in [0.1, 0.15) is 6.07 Å². The second-order valence-electron chi connectivity index (χ2n) is 4.46. The van der Waals surface area contributed by atoms with Gasteiger partial charge in [0.05, 0.1) is 17.9 Å². The highest BCUT2D eigenvalue weighted by Gasteiger charge is 2.11. The zero-order valence-electron chi connectivity index (χ0n) is 10.1. The lowest BCUT2D eigenvalue weighted by Crippen LogP contribution is -2.26. The molecular weight excluding hydrogens is 236 g/mol. The number of nitriles is 1. The number of aliphatic hydroxyl groups is 1. The minimum absolute atomic E-state index is 0.0386. The smallest absolute Gasteiger partial charge is 0.101 e. The zero-order chi connectivity index (χ0) is 12.8. The van der Waals surface area contributed by atoms with Crippen molar-refractivity contribution in [3.63, 3.8) is 0 Å². The Hall–Kier alpha value is -1.24. The van der Waals surface area contributed by atoms with Crippen molar-refractivity contribution in [3.05, 3.63) is 28.8 Å². The van der Waals surface area contributed by atoms with E-state index in [1.165, 1.54) is 0 Å². The summed E-state index contributed by atoms with van der Waals surface area (Å²) in [7, 11) is 0. The number of aliphatic hydroxyl groups excluding tert-OH is 1. The van der Waals surface area contributed by atoms with Crippen LogP contribution in [0.4, 0.5) is 5.69 Å². The quantitative estimate of drug-likeness (QED) is 0.847. The Labute approximate surface area is 107 Å². The van der Waals surface area contributed by atoms with Crippen LogP contribution in [0.25, 0.3) is 0 Å². The van der Waals surface area contributed by atoms with Crippen molar-refractivity contribution < 1.29 is 5.11 Å². The monoisotopic (exact) mass is 252 g/mol. The Morgan fingerprint density at radius 1 is 1.47 bits per heavy atom. The van der Waals surface area contributed by atoms with Gasteiger partial charge in [0.2, 0.25) is 0 Å². The third-order valence-electron chi connectivity index (χ3n) is 2.44. The zero-order valence-corrected chi connectivity index (χ0v) is 10.8. The molecule has 0 heterocycles. The Morgan fingerprint density at radius 2 is 2.18 bits per heavy atom. The van der Waals surface area contributed by atoms with Crippen molar-refractivity contribution in [2.75, 3.05) is 11.9 Å². The fourth-order valence-corrected chi connectivity index (χ4v) is 1.87. The van der Waals surface area contributed by atoms with E-state index in [1.807, 2.05) is 0 Å². The minimum Gasteiger partial charge on any atom is -0.394 e. The highest BCUT2D eigenvalue weighted by molar-refractivity contribution is 6.30. The van der Waals surface area contributed by atoms with E-state index in [-0.39, 0.29) is 12.6 Å². The molecule has 0 bridgehead atoms. The van der Waals surface area contributed by atoms with Crippen molar-refractivity contribution >= 4 is 17.3 Å². The van der Waals surface area contributed by atoms with Gasteiger partial charge in [0.25, 0.3) is 0 Å². The molecule has 0 amide bonds. The van der Waals surface area contributed by atoms with E-state index in [0.29, 0.717) is 16.5 Å². The first kappa shape index (κ1) is 13.8. The van der Waals surface area contributed by atoms with E-state index in [2.05, 4.69) is 25.2 Å². The maximum Gasteiger partial charge on any atom is 0.101 e. The van der Waals surface area contributed by atoms with Gasteiger partial charge < -0.3 is 10.4 Å². The maximum atomic E-state index is 9.28. The van der Waals surface area contributed by atoms with Crippen molar-refractivity contribution in [3.8, 4) is 6.07 Å². The lowest BCUT2D eigenvalue weighted by molar-refractivity contribution is 0.259. The number of anilines is 1. The molecule has 0 saturated carbocycles. The van der Waals surface area contributed by atoms with Gasteiger partial charge in [-0.1, -0.05) is 25.4 Å². The second-order valence-corrected chi connectivity index (χ2v) is 4.89. The Kier molecular flexibility index (Phi) is 5.27. The van der Waals surface area contributed by atoms with Crippen LogP contribution in [0.3, 0.4) is 0 Å².